The lowest BCUT2D eigenvalue weighted by atomic mass is 9.96. The van der Waals surface area contributed by atoms with Gasteiger partial charge in [-0.15, -0.1) is 0 Å². The molecule has 9 heteroatoms. The molecule has 1 amide bonds. The highest BCUT2D eigenvalue weighted by Crippen LogP contribution is 2.31. The van der Waals surface area contributed by atoms with E-state index >= 15 is 0 Å². The number of benzene rings is 3. The Bertz CT molecular complexity index is 1410. The Kier molecular flexibility index (Phi) is 8.86. The monoisotopic (exact) mass is 576 g/mol. The standard InChI is InChI=1S/C31H34Cl2N6O/c1-20(2)28(30(34)40)37-31-25-5-3-4-6-26(25)35-27(36-31)19-38-15-17-39(18-16-38)29(21-7-11-23(32)12-8-21)22-9-13-24(33)14-10-22/h3-14,20,28-29H,15-19H2,1-2H3,(H2,34,40)(H,35,36,37). The lowest BCUT2D eigenvalue weighted by Gasteiger charge is -2.39. The fourth-order valence-corrected chi connectivity index (χ4v) is 5.55. The van der Waals surface area contributed by atoms with Gasteiger partial charge < -0.3 is 11.1 Å². The lowest BCUT2D eigenvalue weighted by molar-refractivity contribution is -0.119. The molecule has 1 saturated heterocycles. The number of carbonyl (C=O) groups is 1. The van der Waals surface area contributed by atoms with Crippen LogP contribution in [0.1, 0.15) is 36.8 Å². The van der Waals surface area contributed by atoms with Gasteiger partial charge >= 0.3 is 0 Å². The molecule has 0 spiro atoms. The van der Waals surface area contributed by atoms with Gasteiger partial charge in [-0.3, -0.25) is 14.6 Å². The van der Waals surface area contributed by atoms with Gasteiger partial charge in [-0.25, -0.2) is 9.97 Å². The van der Waals surface area contributed by atoms with Gasteiger partial charge in [0.15, 0.2) is 0 Å². The van der Waals surface area contributed by atoms with Crippen LogP contribution in [0.15, 0.2) is 72.8 Å². The van der Waals surface area contributed by atoms with Crippen LogP contribution >= 0.6 is 23.2 Å². The molecular formula is C31H34Cl2N6O. The maximum absolute atomic E-state index is 12.1. The minimum Gasteiger partial charge on any atom is -0.368 e. The third-order valence-corrected chi connectivity index (χ3v) is 7.93. The molecule has 1 atom stereocenters. The molecule has 0 saturated carbocycles. The summed E-state index contributed by atoms with van der Waals surface area (Å²) in [5.74, 6) is 0.985. The molecule has 3 N–H and O–H groups in total. The van der Waals surface area contributed by atoms with Crippen LogP contribution in [0.4, 0.5) is 5.82 Å². The summed E-state index contributed by atoms with van der Waals surface area (Å²) in [4.78, 5) is 26.7. The van der Waals surface area contributed by atoms with Gasteiger partial charge in [0.25, 0.3) is 0 Å². The van der Waals surface area contributed by atoms with Gasteiger partial charge in [0.2, 0.25) is 5.91 Å². The van der Waals surface area contributed by atoms with Crippen molar-refractivity contribution in [3.63, 3.8) is 0 Å². The van der Waals surface area contributed by atoms with Gasteiger partial charge in [-0.1, -0.05) is 73.4 Å². The molecule has 1 unspecified atom stereocenters. The van der Waals surface area contributed by atoms with E-state index < -0.39 is 11.9 Å². The van der Waals surface area contributed by atoms with Gasteiger partial charge in [0.1, 0.15) is 17.7 Å². The number of primary amides is 1. The number of para-hydroxylation sites is 1. The first-order valence-corrected chi connectivity index (χ1v) is 14.3. The Labute approximate surface area is 245 Å². The molecule has 5 rings (SSSR count). The van der Waals surface area contributed by atoms with E-state index in [9.17, 15) is 4.79 Å². The smallest absolute Gasteiger partial charge is 0.240 e. The zero-order chi connectivity index (χ0) is 28.2. The molecular weight excluding hydrogens is 543 g/mol. The second-order valence-corrected chi connectivity index (χ2v) is 11.5. The summed E-state index contributed by atoms with van der Waals surface area (Å²) in [5.41, 5.74) is 8.92. The zero-order valence-electron chi connectivity index (χ0n) is 22.7. The Hall–Kier alpha value is -3.23. The third kappa shape index (κ3) is 6.56. The predicted molar refractivity (Wildman–Crippen MR) is 163 cm³/mol. The summed E-state index contributed by atoms with van der Waals surface area (Å²) in [6, 6.07) is 23.6. The number of fused-ring (bicyclic) bond motifs is 1. The number of nitrogens with zero attached hydrogens (tertiary/aromatic N) is 4. The molecule has 1 fully saturated rings. The number of aromatic nitrogens is 2. The zero-order valence-corrected chi connectivity index (χ0v) is 24.2. The van der Waals surface area contributed by atoms with Crippen LogP contribution in [0.2, 0.25) is 10.0 Å². The normalized spacial score (nSPS) is 15.6. The van der Waals surface area contributed by atoms with Crippen molar-refractivity contribution in [1.82, 2.24) is 19.8 Å². The number of nitrogens with two attached hydrogens (primary N) is 1. The van der Waals surface area contributed by atoms with Gasteiger partial charge in [-0.05, 0) is 53.4 Å². The molecule has 40 heavy (non-hydrogen) atoms. The highest BCUT2D eigenvalue weighted by molar-refractivity contribution is 6.30. The second kappa shape index (κ2) is 12.5. The van der Waals surface area contributed by atoms with Gasteiger partial charge in [-0.2, -0.15) is 0 Å². The molecule has 1 aliphatic heterocycles. The van der Waals surface area contributed by atoms with Crippen molar-refractivity contribution in [1.29, 1.82) is 0 Å². The van der Waals surface area contributed by atoms with E-state index in [1.807, 2.05) is 62.4 Å². The van der Waals surface area contributed by atoms with Crippen LogP contribution in [0.3, 0.4) is 0 Å². The number of carbonyl (C=O) groups excluding carboxylic acids is 1. The fourth-order valence-electron chi connectivity index (χ4n) is 5.30. The van der Waals surface area contributed by atoms with E-state index in [2.05, 4.69) is 39.4 Å². The average Bonchev–Trinajstić information content (AvgIpc) is 2.94. The van der Waals surface area contributed by atoms with Gasteiger partial charge in [0, 0.05) is 41.6 Å². The van der Waals surface area contributed by atoms with E-state index in [1.54, 1.807) is 0 Å². The quantitative estimate of drug-likeness (QED) is 0.263. The molecule has 1 aromatic heterocycles. The number of nitrogens with one attached hydrogen (secondary N) is 1. The van der Waals surface area contributed by atoms with Crippen molar-refractivity contribution in [3.05, 3.63) is 99.8 Å². The van der Waals surface area contributed by atoms with Crippen LogP contribution < -0.4 is 11.1 Å². The number of hydrogen-bond donors (Lipinski definition) is 2. The van der Waals surface area contributed by atoms with E-state index in [-0.39, 0.29) is 12.0 Å². The van der Waals surface area contributed by atoms with Crippen molar-refractivity contribution in [2.75, 3.05) is 31.5 Å². The van der Waals surface area contributed by atoms with Crippen LogP contribution in [0.25, 0.3) is 10.9 Å². The highest BCUT2D eigenvalue weighted by Gasteiger charge is 2.27. The number of rotatable bonds is 9. The van der Waals surface area contributed by atoms with Crippen molar-refractivity contribution in [2.24, 2.45) is 11.7 Å². The number of piperazine rings is 1. The summed E-state index contributed by atoms with van der Waals surface area (Å²) < 4.78 is 0. The third-order valence-electron chi connectivity index (χ3n) is 7.42. The first-order valence-electron chi connectivity index (χ1n) is 13.6. The van der Waals surface area contributed by atoms with Gasteiger partial charge in [0.05, 0.1) is 18.1 Å². The average molecular weight is 578 g/mol. The summed E-state index contributed by atoms with van der Waals surface area (Å²) in [6.45, 7) is 8.04. The van der Waals surface area contributed by atoms with Crippen molar-refractivity contribution in [2.45, 2.75) is 32.5 Å². The molecule has 0 bridgehead atoms. The summed E-state index contributed by atoms with van der Waals surface area (Å²) in [6.07, 6.45) is 0. The van der Waals surface area contributed by atoms with Crippen LogP contribution in [0.5, 0.6) is 0 Å². The molecule has 0 aliphatic carbocycles. The highest BCUT2D eigenvalue weighted by atomic mass is 35.5. The van der Waals surface area contributed by atoms with Crippen molar-refractivity contribution >= 4 is 45.8 Å². The maximum atomic E-state index is 12.1. The van der Waals surface area contributed by atoms with Crippen LogP contribution in [-0.4, -0.2) is 57.9 Å². The van der Waals surface area contributed by atoms with Crippen molar-refractivity contribution < 1.29 is 4.79 Å². The first kappa shape index (κ1) is 28.3. The minimum absolute atomic E-state index is 0.0250. The summed E-state index contributed by atoms with van der Waals surface area (Å²) in [7, 11) is 0. The molecule has 0 radical (unpaired) electrons. The predicted octanol–water partition coefficient (Wildman–Crippen LogP) is 5.77. The number of hydrogen-bond acceptors (Lipinski definition) is 6. The Balaban J connectivity index is 1.34. The number of halogens is 2. The maximum Gasteiger partial charge on any atom is 0.240 e. The summed E-state index contributed by atoms with van der Waals surface area (Å²) in [5, 5.41) is 5.62. The lowest BCUT2D eigenvalue weighted by Crippen LogP contribution is -2.47. The van der Waals surface area contributed by atoms with E-state index in [0.717, 1.165) is 47.1 Å². The molecule has 4 aromatic rings. The molecule has 3 aromatic carbocycles. The Morgan fingerprint density at radius 2 is 1.45 bits per heavy atom. The first-order chi connectivity index (χ1) is 19.3. The molecule has 2 heterocycles. The molecule has 1 aliphatic rings. The Morgan fingerprint density at radius 3 is 2.00 bits per heavy atom. The number of anilines is 1. The van der Waals surface area contributed by atoms with E-state index in [4.69, 9.17) is 38.9 Å². The van der Waals surface area contributed by atoms with Crippen LogP contribution in [0, 0.1) is 5.92 Å². The minimum atomic E-state index is -0.521. The Morgan fingerprint density at radius 1 is 0.875 bits per heavy atom. The largest absolute Gasteiger partial charge is 0.368 e. The van der Waals surface area contributed by atoms with E-state index in [0.29, 0.717) is 18.2 Å². The molecule has 208 valence electrons. The second-order valence-electron chi connectivity index (χ2n) is 10.6. The fraction of sp³-hybridized carbons (Fsp3) is 0.323. The van der Waals surface area contributed by atoms with Crippen molar-refractivity contribution in [3.8, 4) is 0 Å². The molecule has 7 nitrogen and oxygen atoms in total. The summed E-state index contributed by atoms with van der Waals surface area (Å²) >= 11 is 12.4. The SMILES string of the molecule is CC(C)C(Nc1nc(CN2CCN(C(c3ccc(Cl)cc3)c3ccc(Cl)cc3)CC2)nc2ccccc12)C(N)=O. The van der Waals surface area contributed by atoms with Crippen LogP contribution in [-0.2, 0) is 11.3 Å². The number of amides is 1. The topological polar surface area (TPSA) is 87.4 Å². The van der Waals surface area contributed by atoms with E-state index in [1.165, 1.54) is 11.1 Å².